The van der Waals surface area contributed by atoms with Crippen molar-refractivity contribution in [1.82, 2.24) is 10.3 Å². The molecule has 0 saturated heterocycles. The minimum atomic E-state index is -3.98. The van der Waals surface area contributed by atoms with Crippen LogP contribution in [0.4, 0.5) is 0 Å². The second-order valence-electron chi connectivity index (χ2n) is 6.05. The lowest BCUT2D eigenvalue weighted by molar-refractivity contribution is -0.139. The van der Waals surface area contributed by atoms with Crippen LogP contribution in [0.3, 0.4) is 0 Å². The molecule has 0 saturated carbocycles. The van der Waals surface area contributed by atoms with Crippen LogP contribution in [-0.4, -0.2) is 36.4 Å². The van der Waals surface area contributed by atoms with E-state index >= 15 is 0 Å². The van der Waals surface area contributed by atoms with Crippen molar-refractivity contribution in [3.63, 3.8) is 0 Å². The predicted molar refractivity (Wildman–Crippen MR) is 91.5 cm³/mol. The molecule has 0 aliphatic carbocycles. The molecule has 134 valence electrons. The molecule has 1 amide bonds. The number of benzene rings is 1. The molecule has 0 fully saturated rings. The minimum Gasteiger partial charge on any atom is -0.480 e. The van der Waals surface area contributed by atoms with Crippen molar-refractivity contribution in [2.24, 2.45) is 11.1 Å². The molecule has 9 heteroatoms. The molecular weight excluding hydrogens is 346 g/mol. The molecule has 0 bridgehead atoms. The number of carboxylic acid groups (broad SMARTS) is 1. The fraction of sp³-hybridized carbons (Fsp3) is 0.312. The molecule has 4 N–H and O–H groups in total. The lowest BCUT2D eigenvalue weighted by Gasteiger charge is -2.17. The van der Waals surface area contributed by atoms with Crippen LogP contribution in [0.5, 0.6) is 0 Å². The third kappa shape index (κ3) is 4.31. The van der Waals surface area contributed by atoms with Crippen molar-refractivity contribution < 1.29 is 23.1 Å². The molecule has 0 unspecified atom stereocenters. The highest BCUT2D eigenvalue weighted by molar-refractivity contribution is 7.89. The highest BCUT2D eigenvalue weighted by Gasteiger charge is 2.24. The maximum Gasteiger partial charge on any atom is 0.326 e. The van der Waals surface area contributed by atoms with Gasteiger partial charge in [-0.2, -0.15) is 0 Å². The SMILES string of the molecule is CC(C)C[C@@H](NC(=O)c1nccc2c(S(N)(=O)=O)cccc12)C(=O)O. The quantitative estimate of drug-likeness (QED) is 0.700. The first-order valence-corrected chi connectivity index (χ1v) is 9.10. The molecule has 1 aromatic carbocycles. The number of primary sulfonamides is 1. The Morgan fingerprint density at radius 3 is 2.48 bits per heavy atom. The van der Waals surface area contributed by atoms with Crippen LogP contribution in [-0.2, 0) is 14.8 Å². The monoisotopic (exact) mass is 365 g/mol. The zero-order valence-electron chi connectivity index (χ0n) is 13.8. The summed E-state index contributed by atoms with van der Waals surface area (Å²) >= 11 is 0. The van der Waals surface area contributed by atoms with Gasteiger partial charge in [0.25, 0.3) is 5.91 Å². The van der Waals surface area contributed by atoms with Crippen molar-refractivity contribution in [2.75, 3.05) is 0 Å². The summed E-state index contributed by atoms with van der Waals surface area (Å²) in [5.41, 5.74) is -0.0574. The second-order valence-corrected chi connectivity index (χ2v) is 7.58. The zero-order chi connectivity index (χ0) is 18.8. The molecule has 25 heavy (non-hydrogen) atoms. The average Bonchev–Trinajstić information content (AvgIpc) is 2.51. The van der Waals surface area contributed by atoms with Gasteiger partial charge in [0, 0.05) is 17.0 Å². The van der Waals surface area contributed by atoms with E-state index in [0.717, 1.165) is 0 Å². The Morgan fingerprint density at radius 1 is 1.24 bits per heavy atom. The van der Waals surface area contributed by atoms with E-state index in [1.54, 1.807) is 0 Å². The average molecular weight is 365 g/mol. The number of hydrogen-bond acceptors (Lipinski definition) is 5. The highest BCUT2D eigenvalue weighted by Crippen LogP contribution is 2.24. The Labute approximate surface area is 145 Å². The van der Waals surface area contributed by atoms with E-state index < -0.39 is 27.9 Å². The normalized spacial score (nSPS) is 13.0. The first-order valence-electron chi connectivity index (χ1n) is 7.55. The summed E-state index contributed by atoms with van der Waals surface area (Å²) in [4.78, 5) is 27.7. The van der Waals surface area contributed by atoms with Crippen molar-refractivity contribution in [3.05, 3.63) is 36.2 Å². The van der Waals surface area contributed by atoms with Gasteiger partial charge in [0.15, 0.2) is 0 Å². The van der Waals surface area contributed by atoms with E-state index in [1.165, 1.54) is 30.5 Å². The number of rotatable bonds is 6. The summed E-state index contributed by atoms with van der Waals surface area (Å²) in [6, 6.07) is 4.69. The molecule has 0 aliphatic rings. The van der Waals surface area contributed by atoms with Gasteiger partial charge in [0.1, 0.15) is 11.7 Å². The fourth-order valence-electron chi connectivity index (χ4n) is 2.53. The van der Waals surface area contributed by atoms with Crippen LogP contribution < -0.4 is 10.5 Å². The molecule has 0 aliphatic heterocycles. The summed E-state index contributed by atoms with van der Waals surface area (Å²) in [5, 5.41) is 17.4. The number of aromatic nitrogens is 1. The predicted octanol–water partition coefficient (Wildman–Crippen LogP) is 1.11. The van der Waals surface area contributed by atoms with E-state index in [-0.39, 0.29) is 33.7 Å². The van der Waals surface area contributed by atoms with Crippen molar-refractivity contribution >= 4 is 32.7 Å². The summed E-state index contributed by atoms with van der Waals surface area (Å²) in [7, 11) is -3.98. The number of fused-ring (bicyclic) bond motifs is 1. The van der Waals surface area contributed by atoms with Gasteiger partial charge in [0.05, 0.1) is 4.90 Å². The van der Waals surface area contributed by atoms with Crippen LogP contribution in [0.25, 0.3) is 10.8 Å². The van der Waals surface area contributed by atoms with Gasteiger partial charge in [0.2, 0.25) is 10.0 Å². The fourth-order valence-corrected chi connectivity index (χ4v) is 3.28. The Bertz CT molecular complexity index is 925. The molecule has 0 radical (unpaired) electrons. The number of carbonyl (C=O) groups is 2. The minimum absolute atomic E-state index is 0.0574. The number of pyridine rings is 1. The van der Waals surface area contributed by atoms with E-state index in [2.05, 4.69) is 10.3 Å². The molecule has 1 aromatic heterocycles. The molecule has 1 heterocycles. The number of amides is 1. The van der Waals surface area contributed by atoms with E-state index in [0.29, 0.717) is 0 Å². The number of aliphatic carboxylic acids is 1. The topological polar surface area (TPSA) is 139 Å². The largest absolute Gasteiger partial charge is 0.480 e. The lowest BCUT2D eigenvalue weighted by atomic mass is 10.0. The number of hydrogen-bond donors (Lipinski definition) is 3. The number of sulfonamides is 1. The Kier molecular flexibility index (Phi) is 5.39. The molecule has 2 rings (SSSR count). The van der Waals surface area contributed by atoms with Gasteiger partial charge in [-0.1, -0.05) is 26.0 Å². The van der Waals surface area contributed by atoms with Gasteiger partial charge in [-0.05, 0) is 24.5 Å². The summed E-state index contributed by atoms with van der Waals surface area (Å²) < 4.78 is 23.4. The van der Waals surface area contributed by atoms with Crippen molar-refractivity contribution in [2.45, 2.75) is 31.2 Å². The van der Waals surface area contributed by atoms with Crippen molar-refractivity contribution in [3.8, 4) is 0 Å². The molecular formula is C16H19N3O5S. The van der Waals surface area contributed by atoms with Gasteiger partial charge in [-0.15, -0.1) is 0 Å². The third-order valence-electron chi connectivity index (χ3n) is 3.60. The Balaban J connectivity index is 2.47. The maximum atomic E-state index is 12.5. The van der Waals surface area contributed by atoms with E-state index in [1.807, 2.05) is 13.8 Å². The van der Waals surface area contributed by atoms with Crippen LogP contribution in [0.15, 0.2) is 35.4 Å². The van der Waals surface area contributed by atoms with Crippen LogP contribution in [0.1, 0.15) is 30.8 Å². The number of carbonyl (C=O) groups excluding carboxylic acids is 1. The third-order valence-corrected chi connectivity index (χ3v) is 4.57. The molecule has 0 spiro atoms. The van der Waals surface area contributed by atoms with Crippen LogP contribution >= 0.6 is 0 Å². The van der Waals surface area contributed by atoms with E-state index in [4.69, 9.17) is 5.14 Å². The summed E-state index contributed by atoms with van der Waals surface area (Å²) in [6.07, 6.45) is 1.54. The highest BCUT2D eigenvalue weighted by atomic mass is 32.2. The second kappa shape index (κ2) is 7.16. The van der Waals surface area contributed by atoms with Crippen LogP contribution in [0, 0.1) is 5.92 Å². The first kappa shape index (κ1) is 18.8. The number of nitrogens with two attached hydrogens (primary N) is 1. The smallest absolute Gasteiger partial charge is 0.326 e. The molecule has 1 atom stereocenters. The lowest BCUT2D eigenvalue weighted by Crippen LogP contribution is -2.42. The molecule has 2 aromatic rings. The van der Waals surface area contributed by atoms with Gasteiger partial charge in [-0.3, -0.25) is 9.78 Å². The standard InChI is InChI=1S/C16H19N3O5S/c1-9(2)8-12(16(21)22)19-15(20)14-11-4-3-5-13(25(17,23)24)10(11)6-7-18-14/h3-7,9,12H,8H2,1-2H3,(H,19,20)(H,21,22)(H2,17,23,24)/t12-/m1/s1. The number of nitrogens with one attached hydrogen (secondary N) is 1. The Hall–Kier alpha value is -2.52. The summed E-state index contributed by atoms with van der Waals surface area (Å²) in [6.45, 7) is 3.69. The van der Waals surface area contributed by atoms with Gasteiger partial charge in [-0.25, -0.2) is 18.4 Å². The Morgan fingerprint density at radius 2 is 1.92 bits per heavy atom. The zero-order valence-corrected chi connectivity index (χ0v) is 14.6. The number of nitrogens with zero attached hydrogens (tertiary/aromatic N) is 1. The summed E-state index contributed by atoms with van der Waals surface area (Å²) in [5.74, 6) is -1.77. The molecule has 8 nitrogen and oxygen atoms in total. The van der Waals surface area contributed by atoms with Gasteiger partial charge < -0.3 is 10.4 Å². The van der Waals surface area contributed by atoms with Gasteiger partial charge >= 0.3 is 5.97 Å². The number of carboxylic acids is 1. The van der Waals surface area contributed by atoms with Crippen molar-refractivity contribution in [1.29, 1.82) is 0 Å². The van der Waals surface area contributed by atoms with Crippen LogP contribution in [0.2, 0.25) is 0 Å². The van der Waals surface area contributed by atoms with E-state index in [9.17, 15) is 23.1 Å². The first-order chi connectivity index (χ1) is 11.6. The maximum absolute atomic E-state index is 12.5.